The molecule has 0 aliphatic carbocycles. The van der Waals surface area contributed by atoms with Crippen LogP contribution in [0, 0.1) is 5.92 Å². The number of rotatable bonds is 5. The van der Waals surface area contributed by atoms with Gasteiger partial charge in [0.1, 0.15) is 0 Å². The Labute approximate surface area is 217 Å². The summed E-state index contributed by atoms with van der Waals surface area (Å²) < 4.78 is 5.94. The number of carbonyl (C=O) groups is 1. The Morgan fingerprint density at radius 3 is 2.60 bits per heavy atom. The third-order valence-electron chi connectivity index (χ3n) is 7.66. The first-order valence-electron chi connectivity index (χ1n) is 12.4. The van der Waals surface area contributed by atoms with Crippen LogP contribution in [0.5, 0.6) is 0 Å². The van der Waals surface area contributed by atoms with Gasteiger partial charge in [-0.2, -0.15) is 0 Å². The average molecular weight is 512 g/mol. The summed E-state index contributed by atoms with van der Waals surface area (Å²) in [5.41, 5.74) is 2.81. The van der Waals surface area contributed by atoms with E-state index in [1.807, 2.05) is 54.5 Å². The second-order valence-corrected chi connectivity index (χ2v) is 10.5. The largest absolute Gasteiger partial charge is 0.380 e. The number of amides is 1. The molecule has 1 aromatic heterocycles. The van der Waals surface area contributed by atoms with Crippen molar-refractivity contribution in [3.63, 3.8) is 0 Å². The number of fused-ring (bicyclic) bond motifs is 1. The van der Waals surface area contributed by atoms with Crippen LogP contribution in [-0.2, 0) is 11.2 Å². The van der Waals surface area contributed by atoms with Crippen LogP contribution in [0.25, 0.3) is 10.9 Å². The molecule has 3 heterocycles. The summed E-state index contributed by atoms with van der Waals surface area (Å²) >= 11 is 12.3. The van der Waals surface area contributed by atoms with Crippen molar-refractivity contribution in [3.05, 3.63) is 75.9 Å². The maximum Gasteiger partial charge on any atom is 0.254 e. The molecule has 0 saturated carbocycles. The summed E-state index contributed by atoms with van der Waals surface area (Å²) in [6.45, 7) is 3.54. The second-order valence-electron chi connectivity index (χ2n) is 9.67. The molecule has 2 aromatic carbocycles. The molecule has 35 heavy (non-hydrogen) atoms. The van der Waals surface area contributed by atoms with Gasteiger partial charge in [-0.05, 0) is 68.0 Å². The molecule has 2 saturated heterocycles. The van der Waals surface area contributed by atoms with Crippen LogP contribution < -0.4 is 0 Å². The number of carbonyl (C=O) groups excluding carboxylic acids is 1. The van der Waals surface area contributed by atoms with Crippen LogP contribution in [0.3, 0.4) is 0 Å². The Morgan fingerprint density at radius 2 is 1.83 bits per heavy atom. The Bertz CT molecular complexity index is 1190. The second kappa shape index (κ2) is 10.8. The molecule has 2 atom stereocenters. The maximum atomic E-state index is 13.3. The highest BCUT2D eigenvalue weighted by Crippen LogP contribution is 2.30. The monoisotopic (exact) mass is 511 g/mol. The fourth-order valence-electron chi connectivity index (χ4n) is 5.68. The van der Waals surface area contributed by atoms with Crippen LogP contribution in [0.15, 0.2) is 54.7 Å². The average Bonchev–Trinajstić information content (AvgIpc) is 2.90. The summed E-state index contributed by atoms with van der Waals surface area (Å²) in [6.07, 6.45) is 5.92. The lowest BCUT2D eigenvalue weighted by Crippen LogP contribution is -2.53. The Morgan fingerprint density at radius 1 is 1.03 bits per heavy atom. The molecule has 7 heteroatoms. The molecule has 0 N–H and O–H groups in total. The number of hydrogen-bond donors (Lipinski definition) is 0. The molecule has 3 aromatic rings. The molecule has 5 nitrogen and oxygen atoms in total. The Kier molecular flexibility index (Phi) is 7.59. The predicted octanol–water partition coefficient (Wildman–Crippen LogP) is 5.73. The number of benzene rings is 2. The fourth-order valence-corrected chi connectivity index (χ4v) is 6.00. The predicted molar refractivity (Wildman–Crippen MR) is 141 cm³/mol. The highest BCUT2D eigenvalue weighted by atomic mass is 35.5. The van der Waals surface area contributed by atoms with Gasteiger partial charge in [0.15, 0.2) is 0 Å². The van der Waals surface area contributed by atoms with E-state index in [0.717, 1.165) is 68.3 Å². The van der Waals surface area contributed by atoms with E-state index in [-0.39, 0.29) is 12.0 Å². The van der Waals surface area contributed by atoms with Crippen molar-refractivity contribution in [2.45, 2.75) is 37.8 Å². The number of likely N-dealkylation sites (tertiary alicyclic amines) is 2. The summed E-state index contributed by atoms with van der Waals surface area (Å²) in [4.78, 5) is 22.3. The molecular formula is C28H31Cl2N3O2. The van der Waals surface area contributed by atoms with Crippen LogP contribution in [0.4, 0.5) is 0 Å². The first-order chi connectivity index (χ1) is 17.0. The highest BCUT2D eigenvalue weighted by Gasteiger charge is 2.35. The minimum atomic E-state index is 0.108. The van der Waals surface area contributed by atoms with Gasteiger partial charge in [0, 0.05) is 44.4 Å². The molecule has 184 valence electrons. The SMILES string of the molecule is CO[C@@H]1CN(C2CCN(C(=O)c3ccnc4ccccc34)CC2)CCC1Cc1ccc(Cl)c(Cl)c1. The Balaban J connectivity index is 1.18. The van der Waals surface area contributed by atoms with Gasteiger partial charge in [-0.1, -0.05) is 47.5 Å². The molecule has 0 bridgehead atoms. The van der Waals surface area contributed by atoms with E-state index in [4.69, 9.17) is 27.9 Å². The molecule has 1 unspecified atom stereocenters. The van der Waals surface area contributed by atoms with Gasteiger partial charge in [-0.15, -0.1) is 0 Å². The quantitative estimate of drug-likeness (QED) is 0.439. The topological polar surface area (TPSA) is 45.7 Å². The molecule has 1 amide bonds. The molecule has 0 spiro atoms. The number of para-hydroxylation sites is 1. The summed E-state index contributed by atoms with van der Waals surface area (Å²) in [5.74, 6) is 0.562. The number of halogens is 2. The number of ether oxygens (including phenoxy) is 1. The fraction of sp³-hybridized carbons (Fsp3) is 0.429. The molecule has 0 radical (unpaired) electrons. The van der Waals surface area contributed by atoms with Gasteiger partial charge in [-0.25, -0.2) is 0 Å². The number of piperidine rings is 2. The van der Waals surface area contributed by atoms with E-state index < -0.39 is 0 Å². The number of pyridine rings is 1. The smallest absolute Gasteiger partial charge is 0.254 e. The molecule has 2 aliphatic heterocycles. The number of aromatic nitrogens is 1. The summed E-state index contributed by atoms with van der Waals surface area (Å²) in [6, 6.07) is 16.1. The minimum absolute atomic E-state index is 0.108. The van der Waals surface area contributed by atoms with Crippen molar-refractivity contribution >= 4 is 40.0 Å². The zero-order valence-electron chi connectivity index (χ0n) is 20.0. The van der Waals surface area contributed by atoms with Crippen LogP contribution in [0.2, 0.25) is 10.0 Å². The van der Waals surface area contributed by atoms with E-state index in [2.05, 4.69) is 16.0 Å². The molecule has 5 rings (SSSR count). The molecular weight excluding hydrogens is 481 g/mol. The van der Waals surface area contributed by atoms with Gasteiger partial charge in [0.25, 0.3) is 5.91 Å². The molecule has 2 aliphatic rings. The van der Waals surface area contributed by atoms with E-state index in [1.54, 1.807) is 6.20 Å². The Hall–Kier alpha value is -2.18. The first kappa shape index (κ1) is 24.5. The molecule has 2 fully saturated rings. The van der Waals surface area contributed by atoms with E-state index in [1.165, 1.54) is 5.56 Å². The van der Waals surface area contributed by atoms with Crippen molar-refractivity contribution in [3.8, 4) is 0 Å². The van der Waals surface area contributed by atoms with Gasteiger partial charge in [0.05, 0.1) is 27.2 Å². The van der Waals surface area contributed by atoms with Gasteiger partial charge >= 0.3 is 0 Å². The first-order valence-corrected chi connectivity index (χ1v) is 13.1. The summed E-state index contributed by atoms with van der Waals surface area (Å²) in [7, 11) is 1.82. The normalized spacial score (nSPS) is 22.0. The van der Waals surface area contributed by atoms with Crippen molar-refractivity contribution in [1.82, 2.24) is 14.8 Å². The van der Waals surface area contributed by atoms with Gasteiger partial charge in [0.2, 0.25) is 0 Å². The third-order valence-corrected chi connectivity index (χ3v) is 8.40. The van der Waals surface area contributed by atoms with Crippen molar-refractivity contribution < 1.29 is 9.53 Å². The lowest BCUT2D eigenvalue weighted by Gasteiger charge is -2.44. The van der Waals surface area contributed by atoms with Gasteiger partial charge in [-0.3, -0.25) is 14.7 Å². The zero-order valence-corrected chi connectivity index (χ0v) is 21.5. The zero-order chi connectivity index (χ0) is 24.4. The minimum Gasteiger partial charge on any atom is -0.380 e. The van der Waals surface area contributed by atoms with Crippen molar-refractivity contribution in [2.75, 3.05) is 33.3 Å². The van der Waals surface area contributed by atoms with Crippen molar-refractivity contribution in [2.24, 2.45) is 5.92 Å². The van der Waals surface area contributed by atoms with E-state index in [9.17, 15) is 4.79 Å². The van der Waals surface area contributed by atoms with Crippen LogP contribution >= 0.6 is 23.2 Å². The van der Waals surface area contributed by atoms with Crippen LogP contribution in [-0.4, -0.2) is 66.1 Å². The van der Waals surface area contributed by atoms with Crippen molar-refractivity contribution in [1.29, 1.82) is 0 Å². The van der Waals surface area contributed by atoms with E-state index >= 15 is 0 Å². The van der Waals surface area contributed by atoms with Crippen LogP contribution in [0.1, 0.15) is 35.2 Å². The third kappa shape index (κ3) is 5.34. The lowest BCUT2D eigenvalue weighted by molar-refractivity contribution is -0.0325. The number of nitrogens with zero attached hydrogens (tertiary/aromatic N) is 3. The standard InChI is InChI=1S/C28H31Cl2N3O2/c1-35-27-18-33(13-9-20(27)16-19-6-7-24(29)25(30)17-19)21-10-14-32(15-11-21)28(34)23-8-12-31-26-5-3-2-4-22(23)26/h2-8,12,17,20-21,27H,9-11,13-16,18H2,1H3/t20?,27-/m1/s1. The number of hydrogen-bond acceptors (Lipinski definition) is 4. The number of methoxy groups -OCH3 is 1. The highest BCUT2D eigenvalue weighted by molar-refractivity contribution is 6.42. The lowest BCUT2D eigenvalue weighted by atomic mass is 9.86. The van der Waals surface area contributed by atoms with E-state index in [0.29, 0.717) is 22.0 Å². The maximum absolute atomic E-state index is 13.3. The summed E-state index contributed by atoms with van der Waals surface area (Å²) in [5, 5.41) is 2.13. The van der Waals surface area contributed by atoms with Gasteiger partial charge < -0.3 is 9.64 Å².